The highest BCUT2D eigenvalue weighted by Crippen LogP contribution is 2.11. The van der Waals surface area contributed by atoms with Crippen LogP contribution in [0.2, 0.25) is 0 Å². The van der Waals surface area contributed by atoms with E-state index in [1.165, 1.54) is 6.07 Å². The first-order chi connectivity index (χ1) is 7.77. The van der Waals surface area contributed by atoms with E-state index in [1.54, 1.807) is 18.2 Å². The summed E-state index contributed by atoms with van der Waals surface area (Å²) in [5, 5.41) is 3.39. The second-order valence-electron chi connectivity index (χ2n) is 3.20. The highest BCUT2D eigenvalue weighted by molar-refractivity contribution is 5.49. The molecule has 1 aromatic rings. The molecule has 0 heterocycles. The van der Waals surface area contributed by atoms with Gasteiger partial charge in [0.1, 0.15) is 5.82 Å². The fourth-order valence-corrected chi connectivity index (χ4v) is 1.23. The van der Waals surface area contributed by atoms with Crippen LogP contribution in [0.5, 0.6) is 0 Å². The molecule has 0 saturated heterocycles. The van der Waals surface area contributed by atoms with E-state index in [4.69, 9.17) is 11.3 Å². The van der Waals surface area contributed by atoms with Gasteiger partial charge in [0.25, 0.3) is 0 Å². The van der Waals surface area contributed by atoms with Gasteiger partial charge in [0, 0.05) is 23.6 Å². The van der Waals surface area contributed by atoms with Gasteiger partial charge < -0.3 is 5.73 Å². The van der Waals surface area contributed by atoms with Crippen LogP contribution in [0.25, 0.3) is 16.5 Å². The molecule has 4 nitrogen and oxygen atoms in total. The van der Waals surface area contributed by atoms with Crippen LogP contribution in [-0.2, 0) is 6.54 Å². The Morgan fingerprint density at radius 3 is 2.94 bits per heavy atom. The molecule has 0 unspecified atom stereocenters. The van der Waals surface area contributed by atoms with Crippen molar-refractivity contribution in [2.75, 3.05) is 6.54 Å². The van der Waals surface area contributed by atoms with Gasteiger partial charge in [0.2, 0.25) is 0 Å². The van der Waals surface area contributed by atoms with Crippen molar-refractivity contribution in [3.05, 3.63) is 51.7 Å². The molecular weight excluding hydrogens is 207 g/mol. The van der Waals surface area contributed by atoms with E-state index in [0.29, 0.717) is 18.5 Å². The smallest absolute Gasteiger partial charge is 0.128 e. The van der Waals surface area contributed by atoms with Gasteiger partial charge in [-0.15, -0.1) is 0 Å². The summed E-state index contributed by atoms with van der Waals surface area (Å²) >= 11 is 0. The molecule has 0 spiro atoms. The number of nitrogens with two attached hydrogens (primary N) is 1. The molecule has 0 aromatic heterocycles. The summed E-state index contributed by atoms with van der Waals surface area (Å²) in [4.78, 5) is 2.63. The van der Waals surface area contributed by atoms with Gasteiger partial charge in [0.15, 0.2) is 0 Å². The maximum Gasteiger partial charge on any atom is 0.128 e. The Labute approximate surface area is 93.2 Å². The van der Waals surface area contributed by atoms with Crippen molar-refractivity contribution in [1.29, 1.82) is 0 Å². The summed E-state index contributed by atoms with van der Waals surface area (Å²) in [7, 11) is 0. The molecule has 0 atom stereocenters. The molecule has 1 aromatic carbocycles. The third kappa shape index (κ3) is 3.73. The number of hydrogen-bond donors (Lipinski definition) is 1. The summed E-state index contributed by atoms with van der Waals surface area (Å²) in [6.45, 7) is 0.614. The van der Waals surface area contributed by atoms with Crippen LogP contribution in [-0.4, -0.2) is 6.54 Å². The van der Waals surface area contributed by atoms with Gasteiger partial charge in [-0.25, -0.2) is 4.39 Å². The predicted molar refractivity (Wildman–Crippen MR) is 62.0 cm³/mol. The van der Waals surface area contributed by atoms with Gasteiger partial charge in [-0.1, -0.05) is 29.4 Å². The molecule has 0 amide bonds. The molecule has 0 radical (unpaired) electrons. The normalized spacial score (nSPS) is 10.4. The van der Waals surface area contributed by atoms with E-state index in [0.717, 1.165) is 5.56 Å². The lowest BCUT2D eigenvalue weighted by atomic mass is 10.1. The van der Waals surface area contributed by atoms with Crippen LogP contribution in [0.1, 0.15) is 17.5 Å². The van der Waals surface area contributed by atoms with Gasteiger partial charge in [-0.05, 0) is 23.6 Å². The standard InChI is InChI=1S/C11H13FN4/c12-11-7-9(4-5-10(11)8-13)3-1-2-6-15-16-14/h1,3-5,7H,2,6,8,13H2. The third-order valence-electron chi connectivity index (χ3n) is 2.07. The average Bonchev–Trinajstić information content (AvgIpc) is 2.29. The number of rotatable bonds is 5. The third-order valence-corrected chi connectivity index (χ3v) is 2.07. The van der Waals surface area contributed by atoms with Gasteiger partial charge in [-0.2, -0.15) is 0 Å². The summed E-state index contributed by atoms with van der Waals surface area (Å²) in [5.74, 6) is -0.292. The minimum absolute atomic E-state index is 0.201. The fraction of sp³-hybridized carbons (Fsp3) is 0.273. The second-order valence-corrected chi connectivity index (χ2v) is 3.20. The minimum Gasteiger partial charge on any atom is -0.326 e. The second kappa shape index (κ2) is 6.61. The molecule has 0 aliphatic rings. The highest BCUT2D eigenvalue weighted by Gasteiger charge is 1.99. The van der Waals surface area contributed by atoms with E-state index in [1.807, 2.05) is 6.08 Å². The Morgan fingerprint density at radius 1 is 1.50 bits per heavy atom. The molecular formula is C11H13FN4. The van der Waals surface area contributed by atoms with Crippen LogP contribution in [0.15, 0.2) is 29.4 Å². The molecule has 1 rings (SSSR count). The highest BCUT2D eigenvalue weighted by atomic mass is 19.1. The zero-order chi connectivity index (χ0) is 11.8. The van der Waals surface area contributed by atoms with Crippen molar-refractivity contribution in [3.63, 3.8) is 0 Å². The van der Waals surface area contributed by atoms with Crippen LogP contribution in [0, 0.1) is 5.82 Å². The van der Waals surface area contributed by atoms with Crippen molar-refractivity contribution in [1.82, 2.24) is 0 Å². The lowest BCUT2D eigenvalue weighted by molar-refractivity contribution is 0.610. The van der Waals surface area contributed by atoms with E-state index < -0.39 is 0 Å². The fourth-order valence-electron chi connectivity index (χ4n) is 1.23. The zero-order valence-corrected chi connectivity index (χ0v) is 8.81. The first kappa shape index (κ1) is 12.2. The SMILES string of the molecule is [N-]=[N+]=NCCC=Cc1ccc(CN)c(F)c1. The van der Waals surface area contributed by atoms with Gasteiger partial charge >= 0.3 is 0 Å². The number of azide groups is 1. The lowest BCUT2D eigenvalue weighted by Crippen LogP contribution is -1.99. The molecule has 16 heavy (non-hydrogen) atoms. The van der Waals surface area contributed by atoms with Crippen molar-refractivity contribution in [3.8, 4) is 0 Å². The number of benzene rings is 1. The molecule has 2 N–H and O–H groups in total. The maximum absolute atomic E-state index is 13.3. The lowest BCUT2D eigenvalue weighted by Gasteiger charge is -2.00. The Bertz CT molecular complexity index is 422. The number of nitrogens with zero attached hydrogens (tertiary/aromatic N) is 3. The number of hydrogen-bond acceptors (Lipinski definition) is 2. The monoisotopic (exact) mass is 220 g/mol. The van der Waals surface area contributed by atoms with E-state index in [2.05, 4.69) is 10.0 Å². The summed E-state index contributed by atoms with van der Waals surface area (Å²) in [6.07, 6.45) is 4.27. The zero-order valence-electron chi connectivity index (χ0n) is 8.81. The summed E-state index contributed by atoms with van der Waals surface area (Å²) < 4.78 is 13.3. The molecule has 5 heteroatoms. The summed E-state index contributed by atoms with van der Waals surface area (Å²) in [5.41, 5.74) is 14.7. The van der Waals surface area contributed by atoms with Crippen molar-refractivity contribution >= 4 is 6.08 Å². The van der Waals surface area contributed by atoms with Crippen molar-refractivity contribution in [2.24, 2.45) is 10.8 Å². The molecule has 0 bridgehead atoms. The van der Waals surface area contributed by atoms with Crippen LogP contribution in [0.3, 0.4) is 0 Å². The first-order valence-corrected chi connectivity index (χ1v) is 4.94. The molecule has 84 valence electrons. The molecule has 0 saturated carbocycles. The maximum atomic E-state index is 13.3. The first-order valence-electron chi connectivity index (χ1n) is 4.94. The van der Waals surface area contributed by atoms with Crippen LogP contribution in [0.4, 0.5) is 4.39 Å². The molecule has 0 aliphatic heterocycles. The van der Waals surface area contributed by atoms with E-state index in [9.17, 15) is 4.39 Å². The predicted octanol–water partition coefficient (Wildman–Crippen LogP) is 3.00. The van der Waals surface area contributed by atoms with Crippen LogP contribution >= 0.6 is 0 Å². The van der Waals surface area contributed by atoms with Crippen molar-refractivity contribution in [2.45, 2.75) is 13.0 Å². The average molecular weight is 220 g/mol. The van der Waals surface area contributed by atoms with E-state index >= 15 is 0 Å². The number of halogens is 1. The minimum atomic E-state index is -0.292. The topological polar surface area (TPSA) is 74.8 Å². The quantitative estimate of drug-likeness (QED) is 0.352. The van der Waals surface area contributed by atoms with Crippen LogP contribution < -0.4 is 5.73 Å². The Kier molecular flexibility index (Phi) is 5.05. The summed E-state index contributed by atoms with van der Waals surface area (Å²) in [6, 6.07) is 4.91. The van der Waals surface area contributed by atoms with Crippen molar-refractivity contribution < 1.29 is 4.39 Å². The Balaban J connectivity index is 2.60. The molecule has 0 aliphatic carbocycles. The Hall–Kier alpha value is -1.84. The largest absolute Gasteiger partial charge is 0.326 e. The van der Waals surface area contributed by atoms with Gasteiger partial charge in [-0.3, -0.25) is 0 Å². The Morgan fingerprint density at radius 2 is 2.31 bits per heavy atom. The van der Waals surface area contributed by atoms with Gasteiger partial charge in [0.05, 0.1) is 0 Å². The molecule has 0 fully saturated rings. The van der Waals surface area contributed by atoms with E-state index in [-0.39, 0.29) is 12.4 Å².